The van der Waals surface area contributed by atoms with E-state index in [1.54, 1.807) is 74.5 Å². The van der Waals surface area contributed by atoms with Crippen LogP contribution in [0.15, 0.2) is 99.9 Å². The Bertz CT molecular complexity index is 3220. The monoisotopic (exact) mass is 1310 g/mol. The van der Waals surface area contributed by atoms with Crippen molar-refractivity contribution in [2.75, 3.05) is 19.6 Å². The molecular weight excluding hydrogens is 1220 g/mol. The topological polar surface area (TPSA) is 582 Å². The van der Waals surface area contributed by atoms with Gasteiger partial charge in [0.2, 0.25) is 53.2 Å². The molecule has 510 valence electrons. The first-order valence-corrected chi connectivity index (χ1v) is 30.4. The second-order valence-electron chi connectivity index (χ2n) is 23.2. The highest BCUT2D eigenvalue weighted by molar-refractivity contribution is 6.00. The molecule has 2 fully saturated rings. The Morgan fingerprint density at radius 2 is 0.851 bits per heavy atom. The lowest BCUT2D eigenvalue weighted by Crippen LogP contribution is -2.56. The molecule has 26 N–H and O–H groups in total. The average molecular weight is 1310 g/mol. The second kappa shape index (κ2) is 36.4. The number of hydrogen-bond acceptors (Lipinski definition) is 18. The number of primary amides is 2. The number of carbonyl (C=O) groups excluding carboxylic acids is 11. The Morgan fingerprint density at radius 1 is 0.468 bits per heavy atom. The third-order valence-corrected chi connectivity index (χ3v) is 15.1. The molecule has 0 heterocycles. The summed E-state index contributed by atoms with van der Waals surface area (Å²) in [4.78, 5) is 164. The SMILES string of the molecule is CC(C)C[C@H](NC(=O)[C@@H](N)CC(N)=O)C(=O)N[C@@H](CCCN=C(N)N)C(=O)N[C@H]1[C@H](C(=O)N[C@@H](CCCN=C(N)N)C(=O)N[C@H]2[C@H](C(=O)N[C@@H](CCCN=C(N)N)C(=O)N[C@@H](Cc3ccc(O)cc3)C(N)=O)[C@H]2C(=O)OCc2ccccc2)[C@H]1C(=O)OCc1ccccc1. The minimum atomic E-state index is -1.54. The number of aliphatic imine (C=N–C) groups is 3. The van der Waals surface area contributed by atoms with Crippen LogP contribution in [0.3, 0.4) is 0 Å². The number of nitrogens with one attached hydrogen (secondary N) is 7. The predicted octanol–water partition coefficient (Wildman–Crippen LogP) is -4.80. The van der Waals surface area contributed by atoms with Gasteiger partial charge in [0.1, 0.15) is 49.2 Å². The minimum absolute atomic E-state index is 0.00430. The standard InChI is InChI=1S/C61H87N19O14/c1-31(2)26-41(78-50(84)36(62)28-42(63)82)54(88)74-38(17-10-24-72-60(67)68)52(86)79-47-44(46(47)58(92)94-30-34-14-7-4-8-15-34)56(90)76-39(18-11-25-73-61(69)70)53(87)80-48-43(45(48)57(91)93-29-33-12-5-3-6-13-33)55(89)75-37(16-9-23-71-59(65)66)51(85)77-40(49(64)83)27-32-19-21-35(81)22-20-32/h3-8,12-15,19-22,31,36-41,43-48,81H,9-11,16-18,23-30,62H2,1-2H3,(H2,63,82)(H2,64,83)(H,74,88)(H,75,89)(H,76,90)(H,77,85)(H,78,84)(H,79,86)(H,80,87)(H4,65,66,71)(H4,67,68,72)(H4,69,70,73)/t36-,37-,38-,39-,40-,41-,43+,44+,45+,46+,47-,48-/m0/s1. The van der Waals surface area contributed by atoms with Gasteiger partial charge in [-0.25, -0.2) is 0 Å². The fourth-order valence-electron chi connectivity index (χ4n) is 10.2. The molecule has 94 heavy (non-hydrogen) atoms. The van der Waals surface area contributed by atoms with Crippen LogP contribution in [-0.4, -0.2) is 156 Å². The number of rotatable bonds is 39. The summed E-state index contributed by atoms with van der Waals surface area (Å²) in [5, 5.41) is 28.2. The molecule has 0 bridgehead atoms. The van der Waals surface area contributed by atoms with Gasteiger partial charge in [-0.15, -0.1) is 0 Å². The summed E-state index contributed by atoms with van der Waals surface area (Å²) in [7, 11) is 0. The number of phenols is 1. The molecule has 0 saturated heterocycles. The number of guanidine groups is 3. The average Bonchev–Trinajstić information content (AvgIpc) is 1.60. The van der Waals surface area contributed by atoms with Gasteiger partial charge in [-0.2, -0.15) is 0 Å². The van der Waals surface area contributed by atoms with Crippen LogP contribution in [0.1, 0.15) is 81.9 Å². The van der Waals surface area contributed by atoms with E-state index in [1.165, 1.54) is 24.3 Å². The number of amides is 9. The maximum atomic E-state index is 14.8. The fourth-order valence-corrected chi connectivity index (χ4v) is 10.2. The van der Waals surface area contributed by atoms with Gasteiger partial charge in [0.25, 0.3) is 0 Å². The number of nitrogens with two attached hydrogens (primary N) is 9. The summed E-state index contributed by atoms with van der Waals surface area (Å²) in [5.41, 5.74) is 51.9. The van der Waals surface area contributed by atoms with Gasteiger partial charge in [0.15, 0.2) is 17.9 Å². The van der Waals surface area contributed by atoms with E-state index in [2.05, 4.69) is 52.2 Å². The molecule has 0 unspecified atom stereocenters. The fraction of sp³-hybridized carbons (Fsp3) is 0.475. The summed E-state index contributed by atoms with van der Waals surface area (Å²) in [6.07, 6.45) is -0.804. The minimum Gasteiger partial charge on any atom is -0.508 e. The molecule has 12 atom stereocenters. The smallest absolute Gasteiger partial charge is 0.312 e. The Hall–Kier alpha value is -10.6. The third kappa shape index (κ3) is 24.6. The van der Waals surface area contributed by atoms with Crippen LogP contribution >= 0.6 is 0 Å². The van der Waals surface area contributed by atoms with Crippen LogP contribution in [0.4, 0.5) is 0 Å². The van der Waals surface area contributed by atoms with Crippen molar-refractivity contribution in [3.8, 4) is 5.75 Å². The lowest BCUT2D eigenvalue weighted by molar-refractivity contribution is -0.148. The molecule has 3 aromatic rings. The third-order valence-electron chi connectivity index (χ3n) is 15.1. The van der Waals surface area contributed by atoms with Crippen molar-refractivity contribution in [2.24, 2.45) is 96.2 Å². The number of carbonyl (C=O) groups is 11. The van der Waals surface area contributed by atoms with Crippen LogP contribution < -0.4 is 88.8 Å². The predicted molar refractivity (Wildman–Crippen MR) is 342 cm³/mol. The van der Waals surface area contributed by atoms with Crippen molar-refractivity contribution in [2.45, 2.75) is 133 Å². The molecule has 5 rings (SSSR count). The number of aromatic hydroxyl groups is 1. The largest absolute Gasteiger partial charge is 0.508 e. The van der Waals surface area contributed by atoms with E-state index in [-0.39, 0.29) is 114 Å². The summed E-state index contributed by atoms with van der Waals surface area (Å²) in [6.45, 7) is 2.98. The van der Waals surface area contributed by atoms with Gasteiger partial charge in [0, 0.05) is 26.1 Å². The van der Waals surface area contributed by atoms with E-state index in [4.69, 9.17) is 61.1 Å². The summed E-state index contributed by atoms with van der Waals surface area (Å²) in [5.74, 6) is -16.6. The van der Waals surface area contributed by atoms with Crippen molar-refractivity contribution in [3.05, 3.63) is 102 Å². The van der Waals surface area contributed by atoms with Crippen molar-refractivity contribution >= 4 is 83.0 Å². The first-order valence-electron chi connectivity index (χ1n) is 30.4. The lowest BCUT2D eigenvalue weighted by Gasteiger charge is -2.25. The number of benzene rings is 3. The zero-order valence-electron chi connectivity index (χ0n) is 52.3. The summed E-state index contributed by atoms with van der Waals surface area (Å²) < 4.78 is 11.3. The van der Waals surface area contributed by atoms with Gasteiger partial charge < -0.3 is 103 Å². The van der Waals surface area contributed by atoms with Gasteiger partial charge in [0.05, 0.1) is 48.2 Å². The van der Waals surface area contributed by atoms with Crippen molar-refractivity contribution in [3.63, 3.8) is 0 Å². The van der Waals surface area contributed by atoms with E-state index in [0.29, 0.717) is 16.7 Å². The quantitative estimate of drug-likeness (QED) is 0.0110. The molecule has 9 amide bonds. The van der Waals surface area contributed by atoms with Crippen LogP contribution in [-0.2, 0) is 81.8 Å². The van der Waals surface area contributed by atoms with Crippen LogP contribution in [0.2, 0.25) is 0 Å². The normalized spacial score (nSPS) is 18.6. The number of nitrogens with zero attached hydrogens (tertiary/aromatic N) is 3. The second-order valence-corrected chi connectivity index (χ2v) is 23.2. The molecule has 33 heteroatoms. The number of esters is 2. The Kier molecular flexibility index (Phi) is 28.7. The highest BCUT2D eigenvalue weighted by atomic mass is 16.5. The maximum absolute atomic E-state index is 14.8. The van der Waals surface area contributed by atoms with Gasteiger partial charge in [-0.3, -0.25) is 67.7 Å². The zero-order valence-corrected chi connectivity index (χ0v) is 52.3. The van der Waals surface area contributed by atoms with Crippen LogP contribution in [0.25, 0.3) is 0 Å². The molecule has 3 aromatic carbocycles. The summed E-state index contributed by atoms with van der Waals surface area (Å²) >= 11 is 0. The Balaban J connectivity index is 1.45. The summed E-state index contributed by atoms with van der Waals surface area (Å²) in [6, 6.07) is 11.8. The molecule has 33 nitrogen and oxygen atoms in total. The number of phenolic OH excluding ortho intramolecular Hbond substituents is 1. The molecule has 0 spiro atoms. The van der Waals surface area contributed by atoms with Gasteiger partial charge in [-0.05, 0) is 79.7 Å². The maximum Gasteiger partial charge on any atom is 0.312 e. The Morgan fingerprint density at radius 3 is 1.24 bits per heavy atom. The molecule has 2 saturated carbocycles. The van der Waals surface area contributed by atoms with Crippen molar-refractivity contribution < 1.29 is 67.3 Å². The van der Waals surface area contributed by atoms with Gasteiger partial charge >= 0.3 is 11.9 Å². The van der Waals surface area contributed by atoms with E-state index in [9.17, 15) is 57.8 Å². The van der Waals surface area contributed by atoms with E-state index in [1.807, 2.05) is 0 Å². The first-order chi connectivity index (χ1) is 44.6. The highest BCUT2D eigenvalue weighted by Gasteiger charge is 2.63. The molecule has 0 aliphatic heterocycles. The van der Waals surface area contributed by atoms with E-state index < -0.39 is 144 Å². The van der Waals surface area contributed by atoms with Crippen molar-refractivity contribution in [1.29, 1.82) is 0 Å². The molecular formula is C61H87N19O14. The number of ether oxygens (including phenoxy) is 2. The molecule has 0 radical (unpaired) electrons. The highest BCUT2D eigenvalue weighted by Crippen LogP contribution is 2.42. The zero-order chi connectivity index (χ0) is 69.2. The van der Waals surface area contributed by atoms with E-state index in [0.717, 1.165) is 0 Å². The Labute approximate surface area is 542 Å². The van der Waals surface area contributed by atoms with E-state index >= 15 is 0 Å². The van der Waals surface area contributed by atoms with Crippen LogP contribution in [0.5, 0.6) is 5.75 Å². The molecule has 0 aromatic heterocycles. The van der Waals surface area contributed by atoms with Gasteiger partial charge in [-0.1, -0.05) is 86.6 Å². The first kappa shape index (κ1) is 74.1. The molecule has 2 aliphatic carbocycles. The van der Waals surface area contributed by atoms with Crippen molar-refractivity contribution in [1.82, 2.24) is 37.2 Å². The number of hydrogen-bond donors (Lipinski definition) is 17. The lowest BCUT2D eigenvalue weighted by atomic mass is 10.0. The van der Waals surface area contributed by atoms with Crippen LogP contribution in [0, 0.1) is 29.6 Å². The molecule has 2 aliphatic rings.